The Balaban J connectivity index is 4.77. The topological polar surface area (TPSA) is 89.9 Å². The predicted octanol–water partition coefficient (Wildman–Crippen LogP) is 3.10. The summed E-state index contributed by atoms with van der Waals surface area (Å²) < 4.78 is 22.6. The summed E-state index contributed by atoms with van der Waals surface area (Å²) in [5.74, 6) is -2.26. The molecule has 0 bridgehead atoms. The lowest BCUT2D eigenvalue weighted by Crippen LogP contribution is -2.30. The van der Waals surface area contributed by atoms with Gasteiger partial charge < -0.3 is 14.4 Å². The molecule has 0 spiro atoms. The number of esters is 1. The molecule has 2 atom stereocenters. The first-order chi connectivity index (χ1) is 9.30. The molecule has 2 unspecified atom stereocenters. The Bertz CT molecular complexity index is 391. The third-order valence-electron chi connectivity index (χ3n) is 2.28. The van der Waals surface area contributed by atoms with Gasteiger partial charge in [0.15, 0.2) is 8.03 Å². The lowest BCUT2D eigenvalue weighted by Gasteiger charge is -2.25. The van der Waals surface area contributed by atoms with Crippen LogP contribution in [-0.4, -0.2) is 34.4 Å². The quantitative estimate of drug-likeness (QED) is 0.572. The summed E-state index contributed by atoms with van der Waals surface area (Å²) >= 11 is 0. The smallest absolute Gasteiger partial charge is 0.310 e. The van der Waals surface area contributed by atoms with Gasteiger partial charge in [0.1, 0.15) is 5.60 Å². The van der Waals surface area contributed by atoms with Crippen LogP contribution in [0.3, 0.4) is 0 Å². The fraction of sp³-hybridized carbons (Fsp3) is 0.857. The minimum Gasteiger partial charge on any atom is -0.481 e. The molecule has 0 aliphatic carbocycles. The highest BCUT2D eigenvalue weighted by atomic mass is 31.1. The third-order valence-corrected chi connectivity index (χ3v) is 3.95. The van der Waals surface area contributed by atoms with Crippen LogP contribution in [0.25, 0.3) is 0 Å². The maximum atomic E-state index is 12.1. The fourth-order valence-electron chi connectivity index (χ4n) is 1.57. The Morgan fingerprint density at radius 1 is 1.10 bits per heavy atom. The summed E-state index contributed by atoms with van der Waals surface area (Å²) in [4.78, 5) is 22.8. The molecular weight excluding hydrogens is 295 g/mol. The van der Waals surface area contributed by atoms with E-state index in [-0.39, 0.29) is 19.0 Å². The van der Waals surface area contributed by atoms with E-state index in [1.807, 2.05) is 0 Å². The van der Waals surface area contributed by atoms with Gasteiger partial charge in [-0.25, -0.2) is 0 Å². The number of carboxylic acid groups (broad SMARTS) is 1. The van der Waals surface area contributed by atoms with Gasteiger partial charge >= 0.3 is 11.9 Å². The number of hydrogen-bond donors (Lipinski definition) is 1. The molecule has 0 aliphatic rings. The molecule has 124 valence electrons. The monoisotopic (exact) mass is 322 g/mol. The number of ether oxygens (including phenoxy) is 1. The van der Waals surface area contributed by atoms with E-state index >= 15 is 0 Å². The Labute approximate surface area is 127 Å². The van der Waals surface area contributed by atoms with Gasteiger partial charge in [-0.2, -0.15) is 0 Å². The van der Waals surface area contributed by atoms with Crippen molar-refractivity contribution < 1.29 is 28.5 Å². The van der Waals surface area contributed by atoms with Crippen molar-refractivity contribution in [1.82, 2.24) is 0 Å². The number of aliphatic carboxylic acids is 1. The van der Waals surface area contributed by atoms with Gasteiger partial charge in [-0.1, -0.05) is 0 Å². The Morgan fingerprint density at radius 3 is 2.00 bits per heavy atom. The van der Waals surface area contributed by atoms with Crippen LogP contribution in [0, 0.1) is 5.92 Å². The minimum absolute atomic E-state index is 0.00410. The first-order valence-corrected chi connectivity index (χ1v) is 8.49. The van der Waals surface area contributed by atoms with Crippen molar-refractivity contribution in [2.45, 2.75) is 65.6 Å². The molecule has 0 amide bonds. The molecular formula is C14H27O6P. The van der Waals surface area contributed by atoms with E-state index in [1.165, 1.54) is 0 Å². The normalized spacial score (nSPS) is 15.3. The fourth-order valence-corrected chi connectivity index (χ4v) is 3.11. The second kappa shape index (κ2) is 7.95. The molecule has 21 heavy (non-hydrogen) atoms. The lowest BCUT2D eigenvalue weighted by atomic mass is 10.1. The summed E-state index contributed by atoms with van der Waals surface area (Å²) in [5.41, 5.74) is -1.24. The van der Waals surface area contributed by atoms with Crippen LogP contribution in [0.2, 0.25) is 0 Å². The molecule has 0 saturated heterocycles. The second-order valence-corrected chi connectivity index (χ2v) is 8.31. The van der Waals surface area contributed by atoms with E-state index in [0.717, 1.165) is 0 Å². The highest BCUT2D eigenvalue weighted by Gasteiger charge is 2.28. The molecule has 0 aromatic carbocycles. The molecule has 0 aliphatic heterocycles. The van der Waals surface area contributed by atoms with Crippen LogP contribution in [0.15, 0.2) is 0 Å². The van der Waals surface area contributed by atoms with E-state index in [2.05, 4.69) is 0 Å². The summed E-state index contributed by atoms with van der Waals surface area (Å²) in [5, 5.41) is 8.74. The zero-order valence-corrected chi connectivity index (χ0v) is 14.7. The van der Waals surface area contributed by atoms with Crippen LogP contribution in [0.5, 0.6) is 0 Å². The van der Waals surface area contributed by atoms with Gasteiger partial charge in [-0.05, 0) is 48.0 Å². The molecule has 0 aromatic rings. The van der Waals surface area contributed by atoms with Crippen LogP contribution in [-0.2, 0) is 23.4 Å². The number of carboxylic acids is 1. The highest BCUT2D eigenvalue weighted by Crippen LogP contribution is 2.34. The first-order valence-electron chi connectivity index (χ1n) is 6.96. The maximum Gasteiger partial charge on any atom is 0.310 e. The zero-order valence-electron chi connectivity index (χ0n) is 13.7. The van der Waals surface area contributed by atoms with E-state index in [1.54, 1.807) is 41.5 Å². The van der Waals surface area contributed by atoms with E-state index in [9.17, 15) is 14.2 Å². The number of hydrogen-bond acceptors (Lipinski definition) is 5. The van der Waals surface area contributed by atoms with Gasteiger partial charge in [-0.15, -0.1) is 0 Å². The molecule has 1 N–H and O–H groups in total. The Hall–Kier alpha value is -0.870. The summed E-state index contributed by atoms with van der Waals surface area (Å²) in [6.45, 7) is 10.5. The maximum absolute atomic E-state index is 12.1. The summed E-state index contributed by atoms with van der Waals surface area (Å²) in [7, 11) is -2.44. The minimum atomic E-state index is -2.44. The molecule has 7 heteroatoms. The van der Waals surface area contributed by atoms with E-state index in [0.29, 0.717) is 0 Å². The predicted molar refractivity (Wildman–Crippen MR) is 80.9 cm³/mol. The molecule has 6 nitrogen and oxygen atoms in total. The average molecular weight is 322 g/mol. The molecule has 0 aromatic heterocycles. The van der Waals surface area contributed by atoms with Crippen LogP contribution in [0.4, 0.5) is 0 Å². The molecule has 0 radical (unpaired) electrons. The van der Waals surface area contributed by atoms with Gasteiger partial charge in [0.25, 0.3) is 0 Å². The van der Waals surface area contributed by atoms with E-state index in [4.69, 9.17) is 14.4 Å². The van der Waals surface area contributed by atoms with E-state index < -0.39 is 37.1 Å². The van der Waals surface area contributed by atoms with Crippen LogP contribution in [0.1, 0.15) is 54.4 Å². The Morgan fingerprint density at radius 2 is 1.62 bits per heavy atom. The Kier molecular flexibility index (Phi) is 7.62. The largest absolute Gasteiger partial charge is 0.481 e. The second-order valence-electron chi connectivity index (χ2n) is 6.95. The van der Waals surface area contributed by atoms with Gasteiger partial charge in [0, 0.05) is 12.6 Å². The molecule has 0 saturated carbocycles. The standard InChI is InChI=1S/C14H27O6P/c1-13(2,3)19-12(17)10(7-8-11(15)16)9-21(18)20-14(4,5)6/h10,21H,7-9H2,1-6H3,(H,15,16). The van der Waals surface area contributed by atoms with Gasteiger partial charge in [0.05, 0.1) is 11.5 Å². The van der Waals surface area contributed by atoms with Gasteiger partial charge in [0.2, 0.25) is 0 Å². The highest BCUT2D eigenvalue weighted by molar-refractivity contribution is 7.39. The molecule has 0 heterocycles. The SMILES string of the molecule is CC(C)(C)OC(=O)C(CCC(=O)O)C[PH](=O)OC(C)(C)C. The van der Waals surface area contributed by atoms with Crippen molar-refractivity contribution in [2.24, 2.45) is 5.92 Å². The lowest BCUT2D eigenvalue weighted by molar-refractivity contribution is -0.159. The summed E-state index contributed by atoms with van der Waals surface area (Å²) in [6, 6.07) is 0. The summed E-state index contributed by atoms with van der Waals surface area (Å²) in [6.07, 6.45) is -0.0765. The number of rotatable bonds is 7. The van der Waals surface area contributed by atoms with Crippen molar-refractivity contribution >= 4 is 20.0 Å². The van der Waals surface area contributed by atoms with Crippen molar-refractivity contribution in [2.75, 3.05) is 6.16 Å². The number of carbonyl (C=O) groups is 2. The third kappa shape index (κ3) is 11.5. The van der Waals surface area contributed by atoms with Crippen molar-refractivity contribution in [3.63, 3.8) is 0 Å². The van der Waals surface area contributed by atoms with Crippen molar-refractivity contribution in [3.8, 4) is 0 Å². The van der Waals surface area contributed by atoms with Crippen LogP contribution >= 0.6 is 8.03 Å². The number of carbonyl (C=O) groups excluding carboxylic acids is 1. The first kappa shape index (κ1) is 20.1. The zero-order chi connectivity index (χ0) is 16.8. The van der Waals surface area contributed by atoms with Crippen LogP contribution < -0.4 is 0 Å². The van der Waals surface area contributed by atoms with Gasteiger partial charge in [-0.3, -0.25) is 14.2 Å². The van der Waals surface area contributed by atoms with Crippen molar-refractivity contribution in [3.05, 3.63) is 0 Å². The van der Waals surface area contributed by atoms with Crippen molar-refractivity contribution in [1.29, 1.82) is 0 Å². The molecule has 0 fully saturated rings. The average Bonchev–Trinajstić information content (AvgIpc) is 2.18. The molecule has 0 rings (SSSR count).